The van der Waals surface area contributed by atoms with Crippen LogP contribution in [0.5, 0.6) is 0 Å². The molecule has 166 valence electrons. The monoisotopic (exact) mass is 445 g/mol. The van der Waals surface area contributed by atoms with E-state index in [4.69, 9.17) is 0 Å². The van der Waals surface area contributed by atoms with E-state index in [1.807, 2.05) is 0 Å². The molecule has 2 atom stereocenters. The SMILES string of the molecule is CN(C(=O)/C=C/[C@H](CC1CCCCC1)NC(=O)C1CCN1)c1nnc(C(F)(F)F)s1. The molecule has 0 radical (unpaired) electrons. The molecule has 1 unspecified atom stereocenters. The van der Waals surface area contributed by atoms with E-state index in [9.17, 15) is 22.8 Å². The number of carbonyl (C=O) groups excluding carboxylic acids is 2. The van der Waals surface area contributed by atoms with Crippen molar-refractivity contribution in [2.45, 2.75) is 63.2 Å². The minimum Gasteiger partial charge on any atom is -0.349 e. The largest absolute Gasteiger partial charge is 0.445 e. The van der Waals surface area contributed by atoms with Crippen molar-refractivity contribution in [3.8, 4) is 0 Å². The average molecular weight is 446 g/mol. The third kappa shape index (κ3) is 6.00. The third-order valence-corrected chi connectivity index (χ3v) is 6.57. The number of hydrogen-bond donors (Lipinski definition) is 2. The first-order valence-electron chi connectivity index (χ1n) is 10.1. The molecule has 1 aliphatic heterocycles. The van der Waals surface area contributed by atoms with Gasteiger partial charge in [-0.25, -0.2) is 0 Å². The van der Waals surface area contributed by atoms with Crippen LogP contribution in [0.1, 0.15) is 50.0 Å². The molecule has 7 nitrogen and oxygen atoms in total. The minimum atomic E-state index is -4.60. The van der Waals surface area contributed by atoms with Gasteiger partial charge in [0.25, 0.3) is 5.91 Å². The Morgan fingerprint density at radius 2 is 1.97 bits per heavy atom. The van der Waals surface area contributed by atoms with Gasteiger partial charge in [-0.05, 0) is 25.3 Å². The molecule has 1 aromatic rings. The summed E-state index contributed by atoms with van der Waals surface area (Å²) in [5, 5.41) is 11.4. The van der Waals surface area contributed by atoms with Crippen molar-refractivity contribution in [3.63, 3.8) is 0 Å². The van der Waals surface area contributed by atoms with E-state index in [1.54, 1.807) is 6.08 Å². The van der Waals surface area contributed by atoms with Crippen molar-refractivity contribution < 1.29 is 22.8 Å². The van der Waals surface area contributed by atoms with Crippen molar-refractivity contribution in [2.24, 2.45) is 5.92 Å². The fourth-order valence-electron chi connectivity index (χ4n) is 3.63. The van der Waals surface area contributed by atoms with E-state index in [-0.39, 0.29) is 23.1 Å². The van der Waals surface area contributed by atoms with E-state index >= 15 is 0 Å². The molecular formula is C19H26F3N5O2S. The maximum absolute atomic E-state index is 12.7. The van der Waals surface area contributed by atoms with Crippen LogP contribution in [0.15, 0.2) is 12.2 Å². The molecular weight excluding hydrogens is 419 g/mol. The first kappa shape index (κ1) is 22.7. The predicted molar refractivity (Wildman–Crippen MR) is 107 cm³/mol. The van der Waals surface area contributed by atoms with E-state index in [2.05, 4.69) is 20.8 Å². The molecule has 0 spiro atoms. The summed E-state index contributed by atoms with van der Waals surface area (Å²) >= 11 is 0.310. The van der Waals surface area contributed by atoms with Crippen LogP contribution in [-0.4, -0.2) is 47.7 Å². The first-order valence-corrected chi connectivity index (χ1v) is 11.0. The van der Waals surface area contributed by atoms with Crippen LogP contribution in [0.3, 0.4) is 0 Å². The third-order valence-electron chi connectivity index (χ3n) is 5.53. The Kier molecular flexibility index (Phi) is 7.45. The van der Waals surface area contributed by atoms with Crippen LogP contribution in [-0.2, 0) is 15.8 Å². The number of nitrogens with zero attached hydrogens (tertiary/aromatic N) is 3. The molecule has 11 heteroatoms. The van der Waals surface area contributed by atoms with Crippen LogP contribution in [0.25, 0.3) is 0 Å². The van der Waals surface area contributed by atoms with Crippen LogP contribution in [0, 0.1) is 5.92 Å². The Balaban J connectivity index is 1.64. The van der Waals surface area contributed by atoms with Crippen LogP contribution < -0.4 is 15.5 Å². The van der Waals surface area contributed by atoms with E-state index in [0.29, 0.717) is 17.3 Å². The second-order valence-electron chi connectivity index (χ2n) is 7.79. The molecule has 0 bridgehead atoms. The first-order chi connectivity index (χ1) is 14.2. The smallest absolute Gasteiger partial charge is 0.349 e. The standard InChI is InChI=1S/C19H26F3N5O2S/c1-27(18-26-25-17(30-18)19(20,21)22)15(28)8-7-13(11-12-5-3-2-4-6-12)24-16(29)14-9-10-23-14/h7-8,12-14,23H,2-6,9-11H2,1H3,(H,24,29)/b8-7+/t13-,14?/m1/s1. The number of aromatic nitrogens is 2. The number of alkyl halides is 3. The Morgan fingerprint density at radius 1 is 1.27 bits per heavy atom. The highest BCUT2D eigenvalue weighted by Gasteiger charge is 2.36. The summed E-state index contributed by atoms with van der Waals surface area (Å²) < 4.78 is 38.1. The number of likely N-dealkylation sites (N-methyl/N-ethyl adjacent to an activating group) is 1. The van der Waals surface area contributed by atoms with E-state index in [0.717, 1.165) is 37.1 Å². The lowest BCUT2D eigenvalue weighted by Crippen LogP contribution is -2.55. The summed E-state index contributed by atoms with van der Waals surface area (Å²) in [7, 11) is 1.35. The van der Waals surface area contributed by atoms with Crippen LogP contribution in [0.4, 0.5) is 18.3 Å². The highest BCUT2D eigenvalue weighted by atomic mass is 32.1. The molecule has 2 N–H and O–H groups in total. The molecule has 30 heavy (non-hydrogen) atoms. The summed E-state index contributed by atoms with van der Waals surface area (Å²) in [6, 6.07) is -0.506. The highest BCUT2D eigenvalue weighted by molar-refractivity contribution is 7.15. The molecule has 2 aliphatic rings. The normalized spacial score (nSPS) is 21.3. The summed E-state index contributed by atoms with van der Waals surface area (Å²) in [6.07, 6.45) is 5.60. The molecule has 1 aliphatic carbocycles. The lowest BCUT2D eigenvalue weighted by atomic mass is 9.84. The van der Waals surface area contributed by atoms with Gasteiger partial charge in [0.15, 0.2) is 0 Å². The molecule has 3 rings (SSSR count). The second-order valence-corrected chi connectivity index (χ2v) is 8.75. The zero-order chi connectivity index (χ0) is 21.7. The average Bonchev–Trinajstić information content (AvgIpc) is 3.15. The topological polar surface area (TPSA) is 87.2 Å². The van der Waals surface area contributed by atoms with Gasteiger partial charge in [-0.15, -0.1) is 10.2 Å². The maximum Gasteiger partial charge on any atom is 0.445 e. The summed E-state index contributed by atoms with van der Waals surface area (Å²) in [5.74, 6) is -0.135. The fourth-order valence-corrected chi connectivity index (χ4v) is 4.31. The van der Waals surface area contributed by atoms with Crippen LogP contribution >= 0.6 is 11.3 Å². The zero-order valence-corrected chi connectivity index (χ0v) is 17.6. The van der Waals surface area contributed by atoms with Gasteiger partial charge in [0.1, 0.15) is 0 Å². The fraction of sp³-hybridized carbons (Fsp3) is 0.684. The molecule has 2 amide bonds. The number of rotatable bonds is 7. The lowest BCUT2D eigenvalue weighted by Gasteiger charge is -2.30. The highest BCUT2D eigenvalue weighted by Crippen LogP contribution is 2.34. The molecule has 2 heterocycles. The Labute approximate surface area is 177 Å². The van der Waals surface area contributed by atoms with E-state index in [1.165, 1.54) is 32.4 Å². The number of nitrogens with one attached hydrogen (secondary N) is 2. The van der Waals surface area contributed by atoms with Gasteiger partial charge >= 0.3 is 6.18 Å². The van der Waals surface area contributed by atoms with Crippen molar-refractivity contribution >= 4 is 28.3 Å². The molecule has 1 aromatic heterocycles. The number of anilines is 1. The minimum absolute atomic E-state index is 0.0912. The molecule has 1 saturated carbocycles. The molecule has 0 aromatic carbocycles. The maximum atomic E-state index is 12.7. The van der Waals surface area contributed by atoms with Crippen molar-refractivity contribution in [2.75, 3.05) is 18.5 Å². The van der Waals surface area contributed by atoms with Crippen molar-refractivity contribution in [1.82, 2.24) is 20.8 Å². The summed E-state index contributed by atoms with van der Waals surface area (Å²) in [6.45, 7) is 0.812. The number of carbonyl (C=O) groups is 2. The van der Waals surface area contributed by atoms with Crippen molar-refractivity contribution in [1.29, 1.82) is 0 Å². The quantitative estimate of drug-likeness (QED) is 0.631. The van der Waals surface area contributed by atoms with Crippen molar-refractivity contribution in [3.05, 3.63) is 17.2 Å². The zero-order valence-electron chi connectivity index (χ0n) is 16.7. The van der Waals surface area contributed by atoms with Gasteiger partial charge in [-0.2, -0.15) is 13.2 Å². The van der Waals surface area contributed by atoms with Gasteiger partial charge in [0.2, 0.25) is 16.0 Å². The van der Waals surface area contributed by atoms with Gasteiger partial charge in [0, 0.05) is 19.2 Å². The van der Waals surface area contributed by atoms with Gasteiger partial charge < -0.3 is 10.6 Å². The predicted octanol–water partition coefficient (Wildman–Crippen LogP) is 2.89. The summed E-state index contributed by atoms with van der Waals surface area (Å²) in [5.41, 5.74) is 0. The van der Waals surface area contributed by atoms with Gasteiger partial charge in [0.05, 0.1) is 6.04 Å². The molecule has 2 fully saturated rings. The lowest BCUT2D eigenvalue weighted by molar-refractivity contribution is -0.138. The molecule has 1 saturated heterocycles. The Bertz CT molecular complexity index is 772. The Hall–Kier alpha value is -2.01. The van der Waals surface area contributed by atoms with Gasteiger partial charge in [-0.3, -0.25) is 14.5 Å². The second kappa shape index (κ2) is 9.86. The van der Waals surface area contributed by atoms with Crippen LogP contribution in [0.2, 0.25) is 0 Å². The summed E-state index contributed by atoms with van der Waals surface area (Å²) in [4.78, 5) is 25.8. The number of halogens is 3. The van der Waals surface area contributed by atoms with E-state index < -0.39 is 17.1 Å². The Morgan fingerprint density at radius 3 is 2.53 bits per heavy atom. The number of hydrogen-bond acceptors (Lipinski definition) is 6. The number of amides is 2. The van der Waals surface area contributed by atoms with Gasteiger partial charge in [-0.1, -0.05) is 49.5 Å².